The van der Waals surface area contributed by atoms with E-state index < -0.39 is 23.8 Å². The molecule has 122 valence electrons. The summed E-state index contributed by atoms with van der Waals surface area (Å²) in [5, 5.41) is 0. The number of nitrogens with zero attached hydrogens (tertiary/aromatic N) is 2. The van der Waals surface area contributed by atoms with Crippen molar-refractivity contribution < 1.29 is 17.6 Å². The maximum absolute atomic E-state index is 14.2. The van der Waals surface area contributed by atoms with Gasteiger partial charge in [-0.05, 0) is 31.1 Å². The summed E-state index contributed by atoms with van der Waals surface area (Å²) in [6.45, 7) is 0. The second kappa shape index (κ2) is 5.60. The summed E-state index contributed by atoms with van der Waals surface area (Å²) in [4.78, 5) is 4.22. The SMILES string of the molecule is N/C=C(\C=C(/N)C(F)F)c1nc2ccc(F)c(F)c2n1C1CC1. The molecule has 0 atom stereocenters. The van der Waals surface area contributed by atoms with Gasteiger partial charge >= 0.3 is 0 Å². The molecule has 0 aliphatic heterocycles. The summed E-state index contributed by atoms with van der Waals surface area (Å²) in [7, 11) is 0. The van der Waals surface area contributed by atoms with Crippen LogP contribution < -0.4 is 11.5 Å². The molecule has 0 bridgehead atoms. The van der Waals surface area contributed by atoms with Crippen LogP contribution in [0.1, 0.15) is 24.7 Å². The van der Waals surface area contributed by atoms with Crippen LogP contribution in [-0.4, -0.2) is 16.0 Å². The second-order valence-corrected chi connectivity index (χ2v) is 5.33. The number of nitrogens with two attached hydrogens (primary N) is 2. The molecule has 1 aliphatic carbocycles. The molecular formula is C15H14F4N4. The molecule has 0 spiro atoms. The van der Waals surface area contributed by atoms with Crippen molar-refractivity contribution in [1.82, 2.24) is 9.55 Å². The number of hydrogen-bond donors (Lipinski definition) is 2. The molecule has 1 aromatic carbocycles. The Labute approximate surface area is 129 Å². The molecule has 23 heavy (non-hydrogen) atoms. The molecule has 1 heterocycles. The van der Waals surface area contributed by atoms with Crippen molar-refractivity contribution in [3.8, 4) is 0 Å². The Morgan fingerprint density at radius 3 is 2.57 bits per heavy atom. The average molecular weight is 326 g/mol. The van der Waals surface area contributed by atoms with Crippen molar-refractivity contribution in [2.45, 2.75) is 25.3 Å². The maximum atomic E-state index is 14.2. The van der Waals surface area contributed by atoms with Crippen molar-refractivity contribution in [2.75, 3.05) is 0 Å². The lowest BCUT2D eigenvalue weighted by Gasteiger charge is -2.09. The van der Waals surface area contributed by atoms with Crippen molar-refractivity contribution in [3.05, 3.63) is 47.6 Å². The highest BCUT2D eigenvalue weighted by Gasteiger charge is 2.31. The average Bonchev–Trinajstić information content (AvgIpc) is 3.28. The zero-order chi connectivity index (χ0) is 16.7. The molecule has 0 saturated heterocycles. The number of hydrogen-bond acceptors (Lipinski definition) is 3. The van der Waals surface area contributed by atoms with Gasteiger partial charge in [0.05, 0.1) is 11.2 Å². The molecule has 0 unspecified atom stereocenters. The van der Waals surface area contributed by atoms with Crippen LogP contribution in [0.15, 0.2) is 30.1 Å². The Morgan fingerprint density at radius 2 is 2.00 bits per heavy atom. The van der Waals surface area contributed by atoms with E-state index in [9.17, 15) is 17.6 Å². The highest BCUT2D eigenvalue weighted by molar-refractivity contribution is 5.83. The fourth-order valence-electron chi connectivity index (χ4n) is 2.44. The lowest BCUT2D eigenvalue weighted by molar-refractivity contribution is 0.188. The van der Waals surface area contributed by atoms with Crippen molar-refractivity contribution in [2.24, 2.45) is 11.5 Å². The second-order valence-electron chi connectivity index (χ2n) is 5.33. The van der Waals surface area contributed by atoms with Crippen LogP contribution in [0.25, 0.3) is 16.6 Å². The number of benzene rings is 1. The van der Waals surface area contributed by atoms with Gasteiger partial charge in [-0.3, -0.25) is 0 Å². The summed E-state index contributed by atoms with van der Waals surface area (Å²) >= 11 is 0. The third kappa shape index (κ3) is 2.64. The van der Waals surface area contributed by atoms with Gasteiger partial charge in [0.1, 0.15) is 11.3 Å². The van der Waals surface area contributed by atoms with Crippen molar-refractivity contribution >= 4 is 16.6 Å². The smallest absolute Gasteiger partial charge is 0.277 e. The number of halogens is 4. The molecule has 4 N–H and O–H groups in total. The molecule has 0 radical (unpaired) electrons. The van der Waals surface area contributed by atoms with Crippen LogP contribution >= 0.6 is 0 Å². The maximum Gasteiger partial charge on any atom is 0.277 e. The summed E-state index contributed by atoms with van der Waals surface area (Å²) in [5.41, 5.74) is 10.5. The predicted octanol–water partition coefficient (Wildman–Crippen LogP) is 3.06. The molecule has 1 aliphatic rings. The third-order valence-corrected chi connectivity index (χ3v) is 3.67. The Bertz CT molecular complexity index is 818. The van der Waals surface area contributed by atoms with E-state index in [1.807, 2.05) is 0 Å². The van der Waals surface area contributed by atoms with Gasteiger partial charge < -0.3 is 16.0 Å². The molecular weight excluding hydrogens is 312 g/mol. The predicted molar refractivity (Wildman–Crippen MR) is 78.4 cm³/mol. The first kappa shape index (κ1) is 15.4. The number of fused-ring (bicyclic) bond motifs is 1. The van der Waals surface area contributed by atoms with Crippen LogP contribution in [0.5, 0.6) is 0 Å². The fourth-order valence-corrected chi connectivity index (χ4v) is 2.44. The van der Waals surface area contributed by atoms with Crippen molar-refractivity contribution in [3.63, 3.8) is 0 Å². The van der Waals surface area contributed by atoms with Gasteiger partial charge in [0.25, 0.3) is 6.43 Å². The molecule has 2 aromatic rings. The minimum atomic E-state index is -2.85. The Morgan fingerprint density at radius 1 is 1.30 bits per heavy atom. The standard InChI is InChI=1S/C15H14F4N4/c16-9-3-4-11-13(12(9)17)23(8-1-2-8)15(22-11)7(6-20)5-10(21)14(18)19/h3-6,8,14H,1-2,20-21H2/b7-6+,10-5-. The molecule has 3 rings (SSSR count). The number of allylic oxidation sites excluding steroid dienone is 3. The number of aromatic nitrogens is 2. The molecule has 1 fully saturated rings. The zero-order valence-electron chi connectivity index (χ0n) is 11.9. The monoisotopic (exact) mass is 326 g/mol. The van der Waals surface area contributed by atoms with Gasteiger partial charge in [-0.25, -0.2) is 22.5 Å². The van der Waals surface area contributed by atoms with Crippen LogP contribution in [0.3, 0.4) is 0 Å². The molecule has 1 aromatic heterocycles. The van der Waals surface area contributed by atoms with Crippen LogP contribution in [-0.2, 0) is 0 Å². The lowest BCUT2D eigenvalue weighted by Crippen LogP contribution is -2.09. The summed E-state index contributed by atoms with van der Waals surface area (Å²) in [6.07, 6.45) is 0.751. The van der Waals surface area contributed by atoms with E-state index in [0.717, 1.165) is 31.2 Å². The normalized spacial score (nSPS) is 16.6. The number of rotatable bonds is 4. The van der Waals surface area contributed by atoms with E-state index in [1.165, 1.54) is 10.6 Å². The van der Waals surface area contributed by atoms with Crippen LogP contribution in [0.2, 0.25) is 0 Å². The summed E-state index contributed by atoms with van der Waals surface area (Å²) in [5.74, 6) is -1.82. The quantitative estimate of drug-likeness (QED) is 0.670. The van der Waals surface area contributed by atoms with Gasteiger partial charge in [0.15, 0.2) is 11.6 Å². The fraction of sp³-hybridized carbons (Fsp3) is 0.267. The topological polar surface area (TPSA) is 69.9 Å². The number of alkyl halides is 2. The molecule has 8 heteroatoms. The van der Waals surface area contributed by atoms with Gasteiger partial charge in [0.2, 0.25) is 0 Å². The van der Waals surface area contributed by atoms with Gasteiger partial charge in [-0.15, -0.1) is 0 Å². The van der Waals surface area contributed by atoms with Crippen LogP contribution in [0, 0.1) is 11.6 Å². The van der Waals surface area contributed by atoms with Gasteiger partial charge in [-0.2, -0.15) is 0 Å². The highest BCUT2D eigenvalue weighted by atomic mass is 19.3. The van der Waals surface area contributed by atoms with Gasteiger partial charge in [0, 0.05) is 17.8 Å². The van der Waals surface area contributed by atoms with E-state index in [4.69, 9.17) is 11.5 Å². The first-order valence-corrected chi connectivity index (χ1v) is 6.97. The van der Waals surface area contributed by atoms with E-state index in [-0.39, 0.29) is 28.5 Å². The lowest BCUT2D eigenvalue weighted by atomic mass is 10.2. The largest absolute Gasteiger partial charge is 0.404 e. The van der Waals surface area contributed by atoms with E-state index in [0.29, 0.717) is 0 Å². The van der Waals surface area contributed by atoms with Crippen LogP contribution in [0.4, 0.5) is 17.6 Å². The summed E-state index contributed by atoms with van der Waals surface area (Å²) < 4.78 is 54.5. The Balaban J connectivity index is 2.23. The molecule has 4 nitrogen and oxygen atoms in total. The number of imidazole rings is 1. The van der Waals surface area contributed by atoms with E-state index in [1.54, 1.807) is 0 Å². The minimum absolute atomic E-state index is 0.00543. The molecule has 1 saturated carbocycles. The zero-order valence-corrected chi connectivity index (χ0v) is 11.9. The van der Waals surface area contributed by atoms with E-state index in [2.05, 4.69) is 4.98 Å². The van der Waals surface area contributed by atoms with Gasteiger partial charge in [-0.1, -0.05) is 0 Å². The first-order valence-electron chi connectivity index (χ1n) is 6.97. The Kier molecular flexibility index (Phi) is 3.75. The summed E-state index contributed by atoms with van der Waals surface area (Å²) in [6, 6.07) is 2.24. The highest BCUT2D eigenvalue weighted by Crippen LogP contribution is 2.41. The minimum Gasteiger partial charge on any atom is -0.404 e. The van der Waals surface area contributed by atoms with E-state index >= 15 is 0 Å². The third-order valence-electron chi connectivity index (χ3n) is 3.67. The first-order chi connectivity index (χ1) is 10.9. The Hall–Kier alpha value is -2.51. The molecule has 0 amide bonds. The van der Waals surface area contributed by atoms with Crippen molar-refractivity contribution in [1.29, 1.82) is 0 Å².